The Labute approximate surface area is 128 Å². The number of piperidine rings is 1. The van der Waals surface area contributed by atoms with E-state index in [2.05, 4.69) is 18.7 Å². The normalized spacial score (nSPS) is 19.4. The van der Waals surface area contributed by atoms with Crippen LogP contribution in [-0.2, 0) is 0 Å². The van der Waals surface area contributed by atoms with Gasteiger partial charge in [0.1, 0.15) is 0 Å². The molecule has 1 aromatic rings. The van der Waals surface area contributed by atoms with Crippen LogP contribution in [0.5, 0.6) is 0 Å². The molecule has 2 N–H and O–H groups in total. The summed E-state index contributed by atoms with van der Waals surface area (Å²) in [4.78, 5) is 2.55. The van der Waals surface area contributed by atoms with Gasteiger partial charge in [0.05, 0.1) is 0 Å². The molecule has 1 atom stereocenters. The summed E-state index contributed by atoms with van der Waals surface area (Å²) in [6.07, 6.45) is 3.65. The van der Waals surface area contributed by atoms with E-state index < -0.39 is 0 Å². The van der Waals surface area contributed by atoms with Gasteiger partial charge in [0.25, 0.3) is 0 Å². The SMILES string of the molecule is CC(C)C1CCN(CCC(N)c2ccccc2Cl)CC1. The molecular weight excluding hydrogens is 268 g/mol. The van der Waals surface area contributed by atoms with Gasteiger partial charge in [0.15, 0.2) is 0 Å². The lowest BCUT2D eigenvalue weighted by molar-refractivity contribution is 0.154. The van der Waals surface area contributed by atoms with E-state index in [9.17, 15) is 0 Å². The zero-order valence-electron chi connectivity index (χ0n) is 12.7. The first kappa shape index (κ1) is 15.8. The van der Waals surface area contributed by atoms with Crippen molar-refractivity contribution in [1.29, 1.82) is 0 Å². The van der Waals surface area contributed by atoms with Gasteiger partial charge in [0.2, 0.25) is 0 Å². The second-order valence-corrected chi connectivity index (χ2v) is 6.75. The Morgan fingerprint density at radius 1 is 1.25 bits per heavy atom. The molecule has 0 radical (unpaired) electrons. The van der Waals surface area contributed by atoms with Gasteiger partial charge < -0.3 is 10.6 Å². The molecule has 1 unspecified atom stereocenters. The predicted molar refractivity (Wildman–Crippen MR) is 87.0 cm³/mol. The minimum absolute atomic E-state index is 0.0477. The van der Waals surface area contributed by atoms with Gasteiger partial charge in [-0.15, -0.1) is 0 Å². The van der Waals surface area contributed by atoms with E-state index in [4.69, 9.17) is 17.3 Å². The highest BCUT2D eigenvalue weighted by atomic mass is 35.5. The third-order valence-corrected chi connectivity index (χ3v) is 4.98. The zero-order valence-corrected chi connectivity index (χ0v) is 13.4. The molecule has 112 valence electrons. The average molecular weight is 295 g/mol. The van der Waals surface area contributed by atoms with Crippen LogP contribution in [0.3, 0.4) is 0 Å². The van der Waals surface area contributed by atoms with E-state index >= 15 is 0 Å². The van der Waals surface area contributed by atoms with Gasteiger partial charge in [-0.1, -0.05) is 43.6 Å². The predicted octanol–water partition coefficient (Wildman–Crippen LogP) is 4.10. The molecule has 3 heteroatoms. The fourth-order valence-electron chi connectivity index (χ4n) is 3.10. The fraction of sp³-hybridized carbons (Fsp3) is 0.647. The second-order valence-electron chi connectivity index (χ2n) is 6.34. The van der Waals surface area contributed by atoms with Crippen LogP contribution in [0.25, 0.3) is 0 Å². The van der Waals surface area contributed by atoms with Gasteiger partial charge in [-0.2, -0.15) is 0 Å². The Morgan fingerprint density at radius 3 is 2.50 bits per heavy atom. The quantitative estimate of drug-likeness (QED) is 0.886. The van der Waals surface area contributed by atoms with Crippen LogP contribution < -0.4 is 5.73 Å². The van der Waals surface area contributed by atoms with Crippen molar-refractivity contribution in [3.8, 4) is 0 Å². The molecule has 1 aliphatic rings. The van der Waals surface area contributed by atoms with Crippen molar-refractivity contribution in [3.05, 3.63) is 34.9 Å². The van der Waals surface area contributed by atoms with E-state index in [1.54, 1.807) is 0 Å². The highest BCUT2D eigenvalue weighted by molar-refractivity contribution is 6.31. The first-order valence-corrected chi connectivity index (χ1v) is 8.18. The average Bonchev–Trinajstić information content (AvgIpc) is 2.45. The van der Waals surface area contributed by atoms with Crippen LogP contribution in [0.1, 0.15) is 44.7 Å². The Hall–Kier alpha value is -0.570. The number of rotatable bonds is 5. The molecule has 20 heavy (non-hydrogen) atoms. The molecule has 2 rings (SSSR count). The summed E-state index contributed by atoms with van der Waals surface area (Å²) >= 11 is 6.20. The van der Waals surface area contributed by atoms with E-state index in [1.807, 2.05) is 24.3 Å². The van der Waals surface area contributed by atoms with Crippen molar-refractivity contribution in [3.63, 3.8) is 0 Å². The number of hydrogen-bond acceptors (Lipinski definition) is 2. The number of nitrogens with two attached hydrogens (primary N) is 1. The van der Waals surface area contributed by atoms with Crippen molar-refractivity contribution >= 4 is 11.6 Å². The number of likely N-dealkylation sites (tertiary alicyclic amines) is 1. The Morgan fingerprint density at radius 2 is 1.90 bits per heavy atom. The summed E-state index contributed by atoms with van der Waals surface area (Å²) in [7, 11) is 0. The molecule has 1 aromatic carbocycles. The van der Waals surface area contributed by atoms with Gasteiger partial charge in [-0.05, 0) is 62.4 Å². The summed E-state index contributed by atoms with van der Waals surface area (Å²) < 4.78 is 0. The van der Waals surface area contributed by atoms with Crippen LogP contribution in [0.15, 0.2) is 24.3 Å². The number of hydrogen-bond donors (Lipinski definition) is 1. The lowest BCUT2D eigenvalue weighted by atomic mass is 9.86. The van der Waals surface area contributed by atoms with Crippen molar-refractivity contribution in [1.82, 2.24) is 4.90 Å². The molecule has 0 bridgehead atoms. The summed E-state index contributed by atoms with van der Waals surface area (Å²) in [5.74, 6) is 1.73. The third kappa shape index (κ3) is 4.21. The third-order valence-electron chi connectivity index (χ3n) is 4.64. The fourth-order valence-corrected chi connectivity index (χ4v) is 3.37. The summed E-state index contributed by atoms with van der Waals surface area (Å²) in [6, 6.07) is 7.97. The van der Waals surface area contributed by atoms with E-state index in [1.165, 1.54) is 25.9 Å². The van der Waals surface area contributed by atoms with Gasteiger partial charge in [-0.3, -0.25) is 0 Å². The molecule has 0 aromatic heterocycles. The molecule has 1 heterocycles. The molecule has 0 saturated carbocycles. The molecule has 0 aliphatic carbocycles. The largest absolute Gasteiger partial charge is 0.324 e. The number of halogens is 1. The van der Waals surface area contributed by atoms with Crippen LogP contribution in [-0.4, -0.2) is 24.5 Å². The zero-order chi connectivity index (χ0) is 14.5. The van der Waals surface area contributed by atoms with Gasteiger partial charge >= 0.3 is 0 Å². The summed E-state index contributed by atoms with van der Waals surface area (Å²) in [6.45, 7) is 8.20. The van der Waals surface area contributed by atoms with Gasteiger partial charge in [0, 0.05) is 11.1 Å². The van der Waals surface area contributed by atoms with E-state index in [-0.39, 0.29) is 6.04 Å². The smallest absolute Gasteiger partial charge is 0.0453 e. The minimum atomic E-state index is 0.0477. The molecular formula is C17H27ClN2. The number of nitrogens with zero attached hydrogens (tertiary/aromatic N) is 1. The highest BCUT2D eigenvalue weighted by Gasteiger charge is 2.21. The van der Waals surface area contributed by atoms with E-state index in [0.717, 1.165) is 35.4 Å². The summed E-state index contributed by atoms with van der Waals surface area (Å²) in [5.41, 5.74) is 7.35. The number of benzene rings is 1. The molecule has 0 spiro atoms. The maximum absolute atomic E-state index is 6.28. The lowest BCUT2D eigenvalue weighted by Gasteiger charge is -2.34. The Bertz CT molecular complexity index is 411. The van der Waals surface area contributed by atoms with Crippen LogP contribution >= 0.6 is 11.6 Å². The van der Waals surface area contributed by atoms with Crippen molar-refractivity contribution in [2.75, 3.05) is 19.6 Å². The van der Waals surface area contributed by atoms with Crippen molar-refractivity contribution < 1.29 is 0 Å². The van der Waals surface area contributed by atoms with Gasteiger partial charge in [-0.25, -0.2) is 0 Å². The van der Waals surface area contributed by atoms with Crippen LogP contribution in [0, 0.1) is 11.8 Å². The first-order chi connectivity index (χ1) is 9.58. The maximum atomic E-state index is 6.28. The maximum Gasteiger partial charge on any atom is 0.0453 e. The minimum Gasteiger partial charge on any atom is -0.324 e. The molecule has 2 nitrogen and oxygen atoms in total. The van der Waals surface area contributed by atoms with Crippen LogP contribution in [0.4, 0.5) is 0 Å². The van der Waals surface area contributed by atoms with Crippen molar-refractivity contribution in [2.45, 2.75) is 39.2 Å². The van der Waals surface area contributed by atoms with Crippen LogP contribution in [0.2, 0.25) is 5.02 Å². The second kappa shape index (κ2) is 7.44. The highest BCUT2D eigenvalue weighted by Crippen LogP contribution is 2.26. The molecule has 1 aliphatic heterocycles. The Kier molecular flexibility index (Phi) is 5.88. The molecule has 1 saturated heterocycles. The first-order valence-electron chi connectivity index (χ1n) is 7.80. The Balaban J connectivity index is 1.78. The molecule has 0 amide bonds. The molecule has 1 fully saturated rings. The topological polar surface area (TPSA) is 29.3 Å². The lowest BCUT2D eigenvalue weighted by Crippen LogP contribution is -2.36. The summed E-state index contributed by atoms with van der Waals surface area (Å²) in [5, 5.41) is 0.790. The standard InChI is InChI=1S/C17H27ClN2/c1-13(2)14-7-10-20(11-8-14)12-9-17(19)15-5-3-4-6-16(15)18/h3-6,13-14,17H,7-12,19H2,1-2H3. The van der Waals surface area contributed by atoms with E-state index in [0.29, 0.717) is 0 Å². The monoisotopic (exact) mass is 294 g/mol. The van der Waals surface area contributed by atoms with Crippen molar-refractivity contribution in [2.24, 2.45) is 17.6 Å².